The summed E-state index contributed by atoms with van der Waals surface area (Å²) in [6.07, 6.45) is 2.41. The van der Waals surface area contributed by atoms with E-state index in [2.05, 4.69) is 22.6 Å². The third-order valence-corrected chi connectivity index (χ3v) is 4.16. The lowest BCUT2D eigenvalue weighted by molar-refractivity contribution is 0.177. The summed E-state index contributed by atoms with van der Waals surface area (Å²) in [5.41, 5.74) is 2.48. The van der Waals surface area contributed by atoms with E-state index in [-0.39, 0.29) is 18.7 Å². The summed E-state index contributed by atoms with van der Waals surface area (Å²) in [4.78, 5) is 14.5. The van der Waals surface area contributed by atoms with Crippen molar-refractivity contribution < 1.29 is 14.4 Å². The zero-order chi connectivity index (χ0) is 16.2. The Morgan fingerprint density at radius 3 is 3.04 bits per heavy atom. The Morgan fingerprint density at radius 1 is 1.48 bits per heavy atom. The summed E-state index contributed by atoms with van der Waals surface area (Å²) in [7, 11) is 0. The van der Waals surface area contributed by atoms with E-state index in [4.69, 9.17) is 9.63 Å². The molecule has 0 bridgehead atoms. The molecule has 1 atom stereocenters. The molecule has 0 aliphatic heterocycles. The molecule has 0 radical (unpaired) electrons. The van der Waals surface area contributed by atoms with Crippen LogP contribution in [0.15, 0.2) is 34.9 Å². The lowest BCUT2D eigenvalue weighted by Crippen LogP contribution is -2.38. The SMILES string of the molecule is Cc1cc(NC(=O)N(CCCO)C2CCc3ccccc32)no1. The number of nitrogens with one attached hydrogen (secondary N) is 1. The first-order chi connectivity index (χ1) is 11.2. The summed E-state index contributed by atoms with van der Waals surface area (Å²) in [5, 5.41) is 15.7. The van der Waals surface area contributed by atoms with Crippen molar-refractivity contribution >= 4 is 11.8 Å². The molecule has 1 aromatic heterocycles. The summed E-state index contributed by atoms with van der Waals surface area (Å²) in [6.45, 7) is 2.33. The average Bonchev–Trinajstić information content (AvgIpc) is 3.15. The van der Waals surface area contributed by atoms with E-state index in [9.17, 15) is 4.79 Å². The summed E-state index contributed by atoms with van der Waals surface area (Å²) >= 11 is 0. The van der Waals surface area contributed by atoms with Crippen LogP contribution in [-0.2, 0) is 6.42 Å². The number of rotatable bonds is 5. The zero-order valence-corrected chi connectivity index (χ0v) is 13.2. The van der Waals surface area contributed by atoms with Crippen molar-refractivity contribution in [3.8, 4) is 0 Å². The number of carbonyl (C=O) groups excluding carboxylic acids is 1. The minimum absolute atomic E-state index is 0.0331. The number of hydrogen-bond donors (Lipinski definition) is 2. The molecule has 1 unspecified atom stereocenters. The third-order valence-electron chi connectivity index (χ3n) is 4.16. The zero-order valence-electron chi connectivity index (χ0n) is 13.2. The first-order valence-electron chi connectivity index (χ1n) is 7.88. The monoisotopic (exact) mass is 315 g/mol. The van der Waals surface area contributed by atoms with Gasteiger partial charge in [-0.25, -0.2) is 4.79 Å². The van der Waals surface area contributed by atoms with Gasteiger partial charge < -0.3 is 14.5 Å². The van der Waals surface area contributed by atoms with Gasteiger partial charge in [-0.05, 0) is 37.3 Å². The maximum absolute atomic E-state index is 12.7. The van der Waals surface area contributed by atoms with Crippen molar-refractivity contribution in [3.05, 3.63) is 47.2 Å². The average molecular weight is 315 g/mol. The molecule has 2 aromatic rings. The number of aryl methyl sites for hydroxylation is 2. The molecule has 0 saturated carbocycles. The highest BCUT2D eigenvalue weighted by atomic mass is 16.5. The predicted molar refractivity (Wildman–Crippen MR) is 86.2 cm³/mol. The number of aliphatic hydroxyl groups excluding tert-OH is 1. The number of fused-ring (bicyclic) bond motifs is 1. The Morgan fingerprint density at radius 2 is 2.30 bits per heavy atom. The Kier molecular flexibility index (Phi) is 4.62. The minimum Gasteiger partial charge on any atom is -0.396 e. The Bertz CT molecular complexity index is 683. The molecular weight excluding hydrogens is 294 g/mol. The second kappa shape index (κ2) is 6.83. The molecule has 0 spiro atoms. The highest BCUT2D eigenvalue weighted by molar-refractivity contribution is 5.88. The quantitative estimate of drug-likeness (QED) is 0.889. The van der Waals surface area contributed by atoms with E-state index in [0.717, 1.165) is 12.8 Å². The van der Waals surface area contributed by atoms with Crippen LogP contribution in [0.4, 0.5) is 10.6 Å². The molecular formula is C17H21N3O3. The molecule has 2 amide bonds. The van der Waals surface area contributed by atoms with Crippen molar-refractivity contribution in [1.82, 2.24) is 10.1 Å². The van der Waals surface area contributed by atoms with Gasteiger partial charge in [0, 0.05) is 19.2 Å². The van der Waals surface area contributed by atoms with E-state index >= 15 is 0 Å². The maximum Gasteiger partial charge on any atom is 0.323 e. The van der Waals surface area contributed by atoms with Crippen molar-refractivity contribution in [2.24, 2.45) is 0 Å². The normalized spacial score (nSPS) is 16.2. The van der Waals surface area contributed by atoms with Crippen LogP contribution in [0.2, 0.25) is 0 Å². The molecule has 122 valence electrons. The van der Waals surface area contributed by atoms with Gasteiger partial charge >= 0.3 is 6.03 Å². The highest BCUT2D eigenvalue weighted by Gasteiger charge is 2.30. The number of aliphatic hydroxyl groups is 1. The van der Waals surface area contributed by atoms with E-state index in [1.165, 1.54) is 11.1 Å². The van der Waals surface area contributed by atoms with Crippen LogP contribution in [0.25, 0.3) is 0 Å². The third kappa shape index (κ3) is 3.37. The Balaban J connectivity index is 1.79. The standard InChI is InChI=1S/C17H21N3O3/c1-12-11-16(19-23-12)18-17(22)20(9-4-10-21)15-8-7-13-5-2-3-6-14(13)15/h2-3,5-6,11,15,21H,4,7-10H2,1H3,(H,18,19,22). The second-order valence-electron chi connectivity index (χ2n) is 5.78. The summed E-state index contributed by atoms with van der Waals surface area (Å²) in [5.74, 6) is 1.06. The fourth-order valence-electron chi connectivity index (χ4n) is 3.11. The van der Waals surface area contributed by atoms with Gasteiger partial charge in [0.25, 0.3) is 0 Å². The maximum atomic E-state index is 12.7. The number of anilines is 1. The van der Waals surface area contributed by atoms with Gasteiger partial charge in [-0.15, -0.1) is 0 Å². The van der Waals surface area contributed by atoms with E-state index in [1.807, 2.05) is 12.1 Å². The molecule has 6 heteroatoms. The molecule has 0 fully saturated rings. The Labute approximate surface area is 135 Å². The first-order valence-corrected chi connectivity index (χ1v) is 7.88. The molecule has 23 heavy (non-hydrogen) atoms. The van der Waals surface area contributed by atoms with Gasteiger partial charge in [0.2, 0.25) is 0 Å². The van der Waals surface area contributed by atoms with Crippen LogP contribution in [0.5, 0.6) is 0 Å². The molecule has 2 N–H and O–H groups in total. The Hall–Kier alpha value is -2.34. The van der Waals surface area contributed by atoms with Crippen LogP contribution in [0.1, 0.15) is 35.8 Å². The molecule has 1 aromatic carbocycles. The predicted octanol–water partition coefficient (Wildman–Crippen LogP) is 2.89. The smallest absolute Gasteiger partial charge is 0.323 e. The lowest BCUT2D eigenvalue weighted by Gasteiger charge is -2.29. The van der Waals surface area contributed by atoms with Gasteiger partial charge in [-0.1, -0.05) is 29.4 Å². The molecule has 1 aliphatic carbocycles. The largest absolute Gasteiger partial charge is 0.396 e. The van der Waals surface area contributed by atoms with Crippen molar-refractivity contribution in [1.29, 1.82) is 0 Å². The van der Waals surface area contributed by atoms with Gasteiger partial charge in [0.1, 0.15) is 5.76 Å². The number of amides is 2. The summed E-state index contributed by atoms with van der Waals surface area (Å²) in [6, 6.07) is 9.71. The van der Waals surface area contributed by atoms with Gasteiger partial charge in [0.05, 0.1) is 6.04 Å². The number of carbonyl (C=O) groups is 1. The topological polar surface area (TPSA) is 78.6 Å². The minimum atomic E-state index is -0.214. The van der Waals surface area contributed by atoms with E-state index in [1.54, 1.807) is 17.9 Å². The van der Waals surface area contributed by atoms with Gasteiger partial charge in [-0.2, -0.15) is 0 Å². The van der Waals surface area contributed by atoms with Gasteiger partial charge in [0.15, 0.2) is 5.82 Å². The van der Waals surface area contributed by atoms with E-state index in [0.29, 0.717) is 24.5 Å². The fraction of sp³-hybridized carbons (Fsp3) is 0.412. The van der Waals surface area contributed by atoms with Crippen LogP contribution < -0.4 is 5.32 Å². The van der Waals surface area contributed by atoms with E-state index < -0.39 is 0 Å². The summed E-state index contributed by atoms with van der Waals surface area (Å²) < 4.78 is 4.98. The fourth-order valence-corrected chi connectivity index (χ4v) is 3.11. The number of aromatic nitrogens is 1. The first kappa shape index (κ1) is 15.6. The molecule has 3 rings (SSSR count). The van der Waals surface area contributed by atoms with Crippen molar-refractivity contribution in [2.75, 3.05) is 18.5 Å². The van der Waals surface area contributed by atoms with Crippen LogP contribution >= 0.6 is 0 Å². The van der Waals surface area contributed by atoms with Crippen LogP contribution in [0.3, 0.4) is 0 Å². The van der Waals surface area contributed by atoms with Crippen LogP contribution in [-0.4, -0.2) is 34.3 Å². The molecule has 1 aliphatic rings. The number of hydrogen-bond acceptors (Lipinski definition) is 4. The van der Waals surface area contributed by atoms with Crippen LogP contribution in [0, 0.1) is 6.92 Å². The van der Waals surface area contributed by atoms with Crippen molar-refractivity contribution in [2.45, 2.75) is 32.2 Å². The number of benzene rings is 1. The highest BCUT2D eigenvalue weighted by Crippen LogP contribution is 2.36. The lowest BCUT2D eigenvalue weighted by atomic mass is 10.1. The molecule has 6 nitrogen and oxygen atoms in total. The van der Waals surface area contributed by atoms with Gasteiger partial charge in [-0.3, -0.25) is 5.32 Å². The van der Waals surface area contributed by atoms with Crippen molar-refractivity contribution in [3.63, 3.8) is 0 Å². The number of nitrogens with zero attached hydrogens (tertiary/aromatic N) is 2. The number of urea groups is 1. The molecule has 0 saturated heterocycles. The second-order valence-corrected chi connectivity index (χ2v) is 5.78. The molecule has 1 heterocycles.